The summed E-state index contributed by atoms with van der Waals surface area (Å²) in [5.74, 6) is 0.219. The van der Waals surface area contributed by atoms with Crippen LogP contribution in [0.2, 0.25) is 0 Å². The summed E-state index contributed by atoms with van der Waals surface area (Å²) < 4.78 is 0. The number of thiazole rings is 1. The van der Waals surface area contributed by atoms with Crippen molar-refractivity contribution in [2.45, 2.75) is 26.4 Å². The van der Waals surface area contributed by atoms with E-state index in [2.05, 4.69) is 4.98 Å². The zero-order chi connectivity index (χ0) is 9.84. The van der Waals surface area contributed by atoms with Gasteiger partial charge in [-0.3, -0.25) is 0 Å². The predicted molar refractivity (Wildman–Crippen MR) is 54.7 cm³/mol. The van der Waals surface area contributed by atoms with Crippen molar-refractivity contribution < 1.29 is 5.11 Å². The van der Waals surface area contributed by atoms with Crippen LogP contribution in [0.25, 0.3) is 0 Å². The van der Waals surface area contributed by atoms with Crippen LogP contribution >= 0.6 is 11.3 Å². The van der Waals surface area contributed by atoms with Gasteiger partial charge in [-0.25, -0.2) is 4.98 Å². The van der Waals surface area contributed by atoms with E-state index in [4.69, 9.17) is 5.73 Å². The third-order valence-electron chi connectivity index (χ3n) is 1.85. The Balaban J connectivity index is 2.67. The smallest absolute Gasteiger partial charge is 0.122 e. The van der Waals surface area contributed by atoms with Gasteiger partial charge in [-0.1, -0.05) is 13.8 Å². The summed E-state index contributed by atoms with van der Waals surface area (Å²) in [7, 11) is 0. The Bertz CT molecular complexity index is 260. The molecule has 1 rings (SSSR count). The summed E-state index contributed by atoms with van der Waals surface area (Å²) in [6.45, 7) is 4.57. The number of aliphatic hydroxyl groups excluding tert-OH is 1. The first-order valence-electron chi connectivity index (χ1n) is 4.47. The van der Waals surface area contributed by atoms with Gasteiger partial charge >= 0.3 is 0 Å². The maximum atomic E-state index is 9.70. The van der Waals surface area contributed by atoms with Crippen molar-refractivity contribution in [1.29, 1.82) is 0 Å². The third kappa shape index (κ3) is 2.76. The Labute approximate surface area is 82.6 Å². The summed E-state index contributed by atoms with van der Waals surface area (Å²) in [5, 5.41) is 12.5. The molecular weight excluding hydrogens is 184 g/mol. The van der Waals surface area contributed by atoms with Gasteiger partial charge in [0.1, 0.15) is 11.1 Å². The zero-order valence-corrected chi connectivity index (χ0v) is 8.84. The number of aromatic nitrogens is 1. The molecule has 0 aliphatic heterocycles. The van der Waals surface area contributed by atoms with Crippen molar-refractivity contribution in [2.75, 3.05) is 6.54 Å². The van der Waals surface area contributed by atoms with Crippen LogP contribution in [0.4, 0.5) is 0 Å². The molecule has 3 nitrogen and oxygen atoms in total. The van der Waals surface area contributed by atoms with Gasteiger partial charge in [0.15, 0.2) is 0 Å². The van der Waals surface area contributed by atoms with Crippen molar-refractivity contribution in [1.82, 2.24) is 4.98 Å². The number of nitrogens with two attached hydrogens (primary N) is 1. The van der Waals surface area contributed by atoms with Crippen LogP contribution in [0.15, 0.2) is 5.38 Å². The molecule has 0 bridgehead atoms. The second-order valence-electron chi connectivity index (χ2n) is 3.40. The fraction of sp³-hybridized carbons (Fsp3) is 0.667. The van der Waals surface area contributed by atoms with Gasteiger partial charge in [-0.15, -0.1) is 11.3 Å². The average molecular weight is 200 g/mol. The molecule has 0 spiro atoms. The molecule has 0 fully saturated rings. The highest BCUT2D eigenvalue weighted by molar-refractivity contribution is 7.09. The van der Waals surface area contributed by atoms with E-state index < -0.39 is 6.10 Å². The zero-order valence-electron chi connectivity index (χ0n) is 8.03. The van der Waals surface area contributed by atoms with E-state index in [0.29, 0.717) is 6.54 Å². The standard InChI is InChI=1S/C9H16N2OS/c1-6(2)8(12)9-11-7(3-4-10)5-13-9/h5-6,8,12H,3-4,10H2,1-2H3. The SMILES string of the molecule is CC(C)C(O)c1nc(CCN)cs1. The Morgan fingerprint density at radius 3 is 2.85 bits per heavy atom. The van der Waals surface area contributed by atoms with Crippen molar-refractivity contribution in [3.05, 3.63) is 16.1 Å². The van der Waals surface area contributed by atoms with E-state index in [1.807, 2.05) is 19.2 Å². The van der Waals surface area contributed by atoms with Crippen LogP contribution in [0.1, 0.15) is 30.7 Å². The molecule has 1 atom stereocenters. The Morgan fingerprint density at radius 1 is 1.62 bits per heavy atom. The van der Waals surface area contributed by atoms with Gasteiger partial charge in [-0.2, -0.15) is 0 Å². The minimum atomic E-state index is -0.434. The van der Waals surface area contributed by atoms with Crippen LogP contribution in [-0.4, -0.2) is 16.6 Å². The first-order chi connectivity index (χ1) is 6.15. The van der Waals surface area contributed by atoms with Gasteiger partial charge in [-0.05, 0) is 12.5 Å². The summed E-state index contributed by atoms with van der Waals surface area (Å²) >= 11 is 1.51. The average Bonchev–Trinajstić information content (AvgIpc) is 2.52. The van der Waals surface area contributed by atoms with Gasteiger partial charge in [0.05, 0.1) is 5.69 Å². The number of hydrogen-bond donors (Lipinski definition) is 2. The molecule has 13 heavy (non-hydrogen) atoms. The summed E-state index contributed by atoms with van der Waals surface area (Å²) in [6, 6.07) is 0. The lowest BCUT2D eigenvalue weighted by Gasteiger charge is -2.10. The van der Waals surface area contributed by atoms with Gasteiger partial charge in [0.2, 0.25) is 0 Å². The monoisotopic (exact) mass is 200 g/mol. The highest BCUT2D eigenvalue weighted by Crippen LogP contribution is 2.24. The van der Waals surface area contributed by atoms with Crippen LogP contribution < -0.4 is 5.73 Å². The van der Waals surface area contributed by atoms with E-state index in [1.54, 1.807) is 0 Å². The summed E-state index contributed by atoms with van der Waals surface area (Å²) in [6.07, 6.45) is 0.359. The lowest BCUT2D eigenvalue weighted by molar-refractivity contribution is 0.126. The lowest BCUT2D eigenvalue weighted by atomic mass is 10.1. The fourth-order valence-corrected chi connectivity index (χ4v) is 2.02. The molecule has 0 aliphatic rings. The summed E-state index contributed by atoms with van der Waals surface area (Å²) in [5.41, 5.74) is 6.40. The number of aliphatic hydroxyl groups is 1. The quantitative estimate of drug-likeness (QED) is 0.771. The number of hydrogen-bond acceptors (Lipinski definition) is 4. The van der Waals surface area contributed by atoms with Crippen LogP contribution in [0, 0.1) is 5.92 Å². The van der Waals surface area contributed by atoms with Crippen molar-refractivity contribution in [3.63, 3.8) is 0 Å². The van der Waals surface area contributed by atoms with Crippen molar-refractivity contribution in [3.8, 4) is 0 Å². The molecular formula is C9H16N2OS. The van der Waals surface area contributed by atoms with E-state index >= 15 is 0 Å². The van der Waals surface area contributed by atoms with E-state index in [-0.39, 0.29) is 5.92 Å². The highest BCUT2D eigenvalue weighted by atomic mass is 32.1. The van der Waals surface area contributed by atoms with Gasteiger partial charge < -0.3 is 10.8 Å². The molecule has 0 aromatic carbocycles. The maximum absolute atomic E-state index is 9.70. The Hall–Kier alpha value is -0.450. The molecule has 0 saturated heterocycles. The molecule has 0 aliphatic carbocycles. The molecule has 0 radical (unpaired) electrons. The van der Waals surface area contributed by atoms with E-state index in [1.165, 1.54) is 11.3 Å². The first-order valence-corrected chi connectivity index (χ1v) is 5.35. The topological polar surface area (TPSA) is 59.1 Å². The third-order valence-corrected chi connectivity index (χ3v) is 2.82. The molecule has 3 N–H and O–H groups in total. The second-order valence-corrected chi connectivity index (χ2v) is 4.29. The normalized spacial score (nSPS) is 13.6. The molecule has 0 saturated carbocycles. The molecule has 1 aromatic rings. The molecule has 4 heteroatoms. The van der Waals surface area contributed by atoms with Gasteiger partial charge in [0.25, 0.3) is 0 Å². The van der Waals surface area contributed by atoms with E-state index in [0.717, 1.165) is 17.1 Å². The largest absolute Gasteiger partial charge is 0.386 e. The summed E-state index contributed by atoms with van der Waals surface area (Å²) in [4.78, 5) is 4.31. The minimum Gasteiger partial charge on any atom is -0.386 e. The molecule has 1 unspecified atom stereocenters. The van der Waals surface area contributed by atoms with Crippen LogP contribution in [-0.2, 0) is 6.42 Å². The second kappa shape index (κ2) is 4.69. The first kappa shape index (κ1) is 10.6. The maximum Gasteiger partial charge on any atom is 0.122 e. The number of nitrogens with zero attached hydrogens (tertiary/aromatic N) is 1. The van der Waals surface area contributed by atoms with Crippen LogP contribution in [0.5, 0.6) is 0 Å². The molecule has 1 aromatic heterocycles. The Kier molecular flexibility index (Phi) is 3.84. The molecule has 0 amide bonds. The lowest BCUT2D eigenvalue weighted by Crippen LogP contribution is -2.06. The fourth-order valence-electron chi connectivity index (χ4n) is 1.01. The van der Waals surface area contributed by atoms with Gasteiger partial charge in [0, 0.05) is 11.8 Å². The Morgan fingerprint density at radius 2 is 2.31 bits per heavy atom. The highest BCUT2D eigenvalue weighted by Gasteiger charge is 2.15. The molecule has 1 heterocycles. The molecule has 74 valence electrons. The minimum absolute atomic E-state index is 0.219. The van der Waals surface area contributed by atoms with Crippen molar-refractivity contribution in [2.24, 2.45) is 11.7 Å². The van der Waals surface area contributed by atoms with E-state index in [9.17, 15) is 5.11 Å². The van der Waals surface area contributed by atoms with Crippen molar-refractivity contribution >= 4 is 11.3 Å². The van der Waals surface area contributed by atoms with Crippen LogP contribution in [0.3, 0.4) is 0 Å². The predicted octanol–water partition coefficient (Wildman–Crippen LogP) is 1.33. The number of rotatable bonds is 4.